The molecule has 88 valence electrons. The van der Waals surface area contributed by atoms with Crippen LogP contribution >= 0.6 is 0 Å². The molecule has 4 nitrogen and oxygen atoms in total. The number of carbonyl (C=O) groups is 1. The van der Waals surface area contributed by atoms with Gasteiger partial charge in [-0.05, 0) is 30.5 Å². The third-order valence-corrected chi connectivity index (χ3v) is 2.71. The van der Waals surface area contributed by atoms with Crippen molar-refractivity contribution in [3.8, 4) is 11.3 Å². The first-order valence-corrected chi connectivity index (χ1v) is 5.41. The number of aromatic nitrogens is 1. The Bertz CT molecular complexity index is 558. The number of carboxylic acids is 1. The van der Waals surface area contributed by atoms with Gasteiger partial charge in [-0.3, -0.25) is 0 Å². The largest absolute Gasteiger partial charge is 0.475 e. The van der Waals surface area contributed by atoms with Gasteiger partial charge in [0.2, 0.25) is 5.76 Å². The van der Waals surface area contributed by atoms with Crippen LogP contribution in [0, 0.1) is 6.92 Å². The Labute approximate surface area is 98.9 Å². The predicted octanol–water partition coefficient (Wildman–Crippen LogP) is 2.91. The zero-order valence-electron chi connectivity index (χ0n) is 9.73. The topological polar surface area (TPSA) is 63.3 Å². The minimum absolute atomic E-state index is 0.138. The molecule has 17 heavy (non-hydrogen) atoms. The summed E-state index contributed by atoms with van der Waals surface area (Å²) >= 11 is 0. The number of hydrogen-bond acceptors (Lipinski definition) is 3. The summed E-state index contributed by atoms with van der Waals surface area (Å²) in [6.07, 6.45) is 0.927. The number of carboxylic acid groups (broad SMARTS) is 1. The van der Waals surface area contributed by atoms with Crippen LogP contribution in [-0.4, -0.2) is 16.2 Å². The first-order valence-electron chi connectivity index (χ1n) is 5.41. The van der Waals surface area contributed by atoms with Gasteiger partial charge >= 0.3 is 5.97 Å². The lowest BCUT2D eigenvalue weighted by Crippen LogP contribution is -1.91. The molecule has 0 aliphatic carbocycles. The molecule has 1 aromatic carbocycles. The lowest BCUT2D eigenvalue weighted by Gasteiger charge is -2.04. The summed E-state index contributed by atoms with van der Waals surface area (Å²) in [7, 11) is 0. The van der Waals surface area contributed by atoms with Crippen LogP contribution in [0.4, 0.5) is 0 Å². The van der Waals surface area contributed by atoms with Crippen LogP contribution in [0.2, 0.25) is 0 Å². The molecule has 0 unspecified atom stereocenters. The Morgan fingerprint density at radius 2 is 2.18 bits per heavy atom. The highest BCUT2D eigenvalue weighted by Gasteiger charge is 2.13. The van der Waals surface area contributed by atoms with Crippen LogP contribution in [0.15, 0.2) is 28.8 Å². The molecule has 0 radical (unpaired) electrons. The predicted molar refractivity (Wildman–Crippen MR) is 63.0 cm³/mol. The number of aromatic carboxylic acids is 1. The Morgan fingerprint density at radius 3 is 2.76 bits per heavy atom. The molecule has 1 aromatic heterocycles. The van der Waals surface area contributed by atoms with Crippen LogP contribution in [0.25, 0.3) is 11.3 Å². The van der Waals surface area contributed by atoms with Crippen molar-refractivity contribution in [2.45, 2.75) is 20.3 Å². The van der Waals surface area contributed by atoms with E-state index in [0.29, 0.717) is 5.69 Å². The Hall–Kier alpha value is -2.10. The first-order chi connectivity index (χ1) is 8.11. The van der Waals surface area contributed by atoms with Crippen molar-refractivity contribution >= 4 is 5.97 Å². The average Bonchev–Trinajstić information content (AvgIpc) is 2.79. The van der Waals surface area contributed by atoms with E-state index >= 15 is 0 Å². The number of hydrogen-bond donors (Lipinski definition) is 1. The second-order valence-electron chi connectivity index (χ2n) is 3.88. The Kier molecular flexibility index (Phi) is 2.95. The van der Waals surface area contributed by atoms with E-state index in [1.807, 2.05) is 19.1 Å². The lowest BCUT2D eigenvalue weighted by atomic mass is 10.0. The summed E-state index contributed by atoms with van der Waals surface area (Å²) in [5.41, 5.74) is 3.72. The molecule has 0 aliphatic rings. The third-order valence-electron chi connectivity index (χ3n) is 2.71. The molecule has 0 fully saturated rings. The fourth-order valence-electron chi connectivity index (χ4n) is 1.67. The maximum atomic E-state index is 10.7. The quantitative estimate of drug-likeness (QED) is 0.882. The number of aryl methyl sites for hydroxylation is 2. The highest BCUT2D eigenvalue weighted by atomic mass is 16.5. The summed E-state index contributed by atoms with van der Waals surface area (Å²) in [5.74, 6) is -1.24. The fourth-order valence-corrected chi connectivity index (χ4v) is 1.67. The normalized spacial score (nSPS) is 10.5. The molecule has 0 bridgehead atoms. The molecular formula is C13H13NO3. The van der Waals surface area contributed by atoms with E-state index in [9.17, 15) is 4.79 Å². The van der Waals surface area contributed by atoms with Crippen molar-refractivity contribution in [2.75, 3.05) is 0 Å². The van der Waals surface area contributed by atoms with Gasteiger partial charge in [-0.1, -0.05) is 24.2 Å². The van der Waals surface area contributed by atoms with E-state index in [-0.39, 0.29) is 5.76 Å². The molecule has 0 saturated heterocycles. The van der Waals surface area contributed by atoms with Crippen molar-refractivity contribution in [2.24, 2.45) is 0 Å². The zero-order chi connectivity index (χ0) is 12.4. The van der Waals surface area contributed by atoms with Crippen molar-refractivity contribution in [1.29, 1.82) is 0 Å². The SMILES string of the molecule is CCc1ccc(C)c(-c2cc(C(=O)O)on2)c1. The van der Waals surface area contributed by atoms with Crippen molar-refractivity contribution in [3.63, 3.8) is 0 Å². The number of benzene rings is 1. The average molecular weight is 231 g/mol. The number of rotatable bonds is 3. The molecule has 4 heteroatoms. The third kappa shape index (κ3) is 2.20. The van der Waals surface area contributed by atoms with Crippen LogP contribution in [0.3, 0.4) is 0 Å². The van der Waals surface area contributed by atoms with E-state index in [1.54, 1.807) is 0 Å². The van der Waals surface area contributed by atoms with Gasteiger partial charge in [0.25, 0.3) is 0 Å². The molecule has 0 amide bonds. The lowest BCUT2D eigenvalue weighted by molar-refractivity contribution is 0.0652. The summed E-state index contributed by atoms with van der Waals surface area (Å²) < 4.78 is 4.76. The standard InChI is InChI=1S/C13H13NO3/c1-3-9-5-4-8(2)10(6-9)11-7-12(13(15)16)17-14-11/h4-7H,3H2,1-2H3,(H,15,16). The summed E-state index contributed by atoms with van der Waals surface area (Å²) in [5, 5.41) is 12.6. The first kappa shape index (κ1) is 11.4. The van der Waals surface area contributed by atoms with Gasteiger partial charge in [-0.25, -0.2) is 4.79 Å². The molecule has 0 spiro atoms. The van der Waals surface area contributed by atoms with E-state index in [4.69, 9.17) is 9.63 Å². The van der Waals surface area contributed by atoms with E-state index in [2.05, 4.69) is 18.1 Å². The fraction of sp³-hybridized carbons (Fsp3) is 0.231. The van der Waals surface area contributed by atoms with Crippen LogP contribution in [0.5, 0.6) is 0 Å². The second kappa shape index (κ2) is 4.41. The molecule has 0 atom stereocenters. The zero-order valence-corrected chi connectivity index (χ0v) is 9.73. The van der Waals surface area contributed by atoms with Crippen molar-refractivity contribution in [1.82, 2.24) is 5.16 Å². The summed E-state index contributed by atoms with van der Waals surface area (Å²) in [6.45, 7) is 4.03. The Balaban J connectivity index is 2.47. The van der Waals surface area contributed by atoms with Gasteiger partial charge < -0.3 is 9.63 Å². The van der Waals surface area contributed by atoms with Crippen LogP contribution in [-0.2, 0) is 6.42 Å². The van der Waals surface area contributed by atoms with Crippen molar-refractivity contribution in [3.05, 3.63) is 41.2 Å². The monoisotopic (exact) mass is 231 g/mol. The van der Waals surface area contributed by atoms with Crippen LogP contribution in [0.1, 0.15) is 28.6 Å². The highest BCUT2D eigenvalue weighted by Crippen LogP contribution is 2.24. The van der Waals surface area contributed by atoms with Crippen LogP contribution < -0.4 is 0 Å². The molecule has 2 rings (SSSR count). The number of nitrogens with zero attached hydrogens (tertiary/aromatic N) is 1. The maximum Gasteiger partial charge on any atom is 0.374 e. The molecule has 1 N–H and O–H groups in total. The molecular weight excluding hydrogens is 218 g/mol. The van der Waals surface area contributed by atoms with Gasteiger partial charge in [0.15, 0.2) is 0 Å². The van der Waals surface area contributed by atoms with Gasteiger partial charge in [0.1, 0.15) is 5.69 Å². The Morgan fingerprint density at radius 1 is 1.41 bits per heavy atom. The van der Waals surface area contributed by atoms with Gasteiger partial charge in [-0.15, -0.1) is 0 Å². The van der Waals surface area contributed by atoms with E-state index in [1.165, 1.54) is 11.6 Å². The summed E-state index contributed by atoms with van der Waals surface area (Å²) in [6, 6.07) is 7.52. The molecule has 2 aromatic rings. The molecule has 1 heterocycles. The van der Waals surface area contributed by atoms with Gasteiger partial charge in [-0.2, -0.15) is 0 Å². The molecule has 0 aliphatic heterocycles. The van der Waals surface area contributed by atoms with E-state index in [0.717, 1.165) is 17.5 Å². The molecule has 0 saturated carbocycles. The maximum absolute atomic E-state index is 10.7. The van der Waals surface area contributed by atoms with Gasteiger partial charge in [0, 0.05) is 11.6 Å². The smallest absolute Gasteiger partial charge is 0.374 e. The van der Waals surface area contributed by atoms with Crippen molar-refractivity contribution < 1.29 is 14.4 Å². The highest BCUT2D eigenvalue weighted by molar-refractivity contribution is 5.85. The van der Waals surface area contributed by atoms with E-state index < -0.39 is 5.97 Å². The van der Waals surface area contributed by atoms with Gasteiger partial charge in [0.05, 0.1) is 0 Å². The second-order valence-corrected chi connectivity index (χ2v) is 3.88. The minimum atomic E-state index is -1.10. The summed E-state index contributed by atoms with van der Waals surface area (Å²) in [4.78, 5) is 10.7. The minimum Gasteiger partial charge on any atom is -0.475 e.